The zero-order valence-corrected chi connectivity index (χ0v) is 25.6. The molecule has 3 N–H and O–H groups in total. The minimum absolute atomic E-state index is 0.0231. The van der Waals surface area contributed by atoms with E-state index >= 15 is 0 Å². The maximum absolute atomic E-state index is 14.2. The molecule has 46 heavy (non-hydrogen) atoms. The van der Waals surface area contributed by atoms with Crippen molar-refractivity contribution in [3.05, 3.63) is 120 Å². The fraction of sp³-hybridized carbons (Fsp3) is 0.176. The summed E-state index contributed by atoms with van der Waals surface area (Å²) >= 11 is 0. The van der Waals surface area contributed by atoms with Crippen molar-refractivity contribution in [3.8, 4) is 11.1 Å². The molecule has 0 bridgehead atoms. The number of amides is 1. The van der Waals surface area contributed by atoms with Gasteiger partial charge in [0.05, 0.1) is 10.4 Å². The monoisotopic (exact) mass is 645 g/mol. The van der Waals surface area contributed by atoms with Crippen LogP contribution in [0.15, 0.2) is 96.0 Å². The van der Waals surface area contributed by atoms with Crippen molar-refractivity contribution in [2.75, 3.05) is 30.1 Å². The number of rotatable bonds is 7. The number of nitrogen functional groups attached to an aromatic ring is 1. The van der Waals surface area contributed by atoms with Crippen molar-refractivity contribution in [2.45, 2.75) is 24.4 Å². The molecule has 1 aromatic heterocycles. The molecule has 0 saturated carbocycles. The molecule has 1 fully saturated rings. The molecule has 0 radical (unpaired) electrons. The number of para-hydroxylation sites is 1. The summed E-state index contributed by atoms with van der Waals surface area (Å²) in [6.45, 7) is 3.07. The van der Waals surface area contributed by atoms with E-state index in [4.69, 9.17) is 5.73 Å². The summed E-state index contributed by atoms with van der Waals surface area (Å²) in [4.78, 5) is 21.4. The molecule has 0 aliphatic carbocycles. The number of nitrogens with two attached hydrogens (primary N) is 1. The first-order chi connectivity index (χ1) is 22.0. The van der Waals surface area contributed by atoms with Crippen molar-refractivity contribution >= 4 is 38.2 Å². The number of sulfonamides is 1. The summed E-state index contributed by atoms with van der Waals surface area (Å²) in [6.07, 6.45) is 1.64. The third-order valence-electron chi connectivity index (χ3n) is 8.06. The van der Waals surface area contributed by atoms with Crippen LogP contribution in [0.2, 0.25) is 0 Å². The van der Waals surface area contributed by atoms with E-state index in [0.29, 0.717) is 53.6 Å². The first-order valence-electron chi connectivity index (χ1n) is 14.5. The normalized spacial score (nSPS) is 15.7. The van der Waals surface area contributed by atoms with Gasteiger partial charge in [-0.2, -0.15) is 0 Å². The lowest BCUT2D eigenvalue weighted by atomic mass is 10.0. The van der Waals surface area contributed by atoms with Gasteiger partial charge in [-0.15, -0.1) is 0 Å². The molecule has 1 aliphatic rings. The topological polar surface area (TPSA) is 109 Å². The SMILES string of the molecule is C[C@H]1CN(Cc2cc(F)c(F)cc2F)CCN1C(=O)c1ccc(NS(=O)(=O)c2ccc(N)cc2-c2cccc3cccnc23)cc1. The Morgan fingerprint density at radius 3 is 2.41 bits per heavy atom. The Kier molecular flexibility index (Phi) is 8.41. The highest BCUT2D eigenvalue weighted by atomic mass is 32.2. The van der Waals surface area contributed by atoms with Gasteiger partial charge in [-0.05, 0) is 61.5 Å². The molecule has 5 aromatic rings. The zero-order valence-electron chi connectivity index (χ0n) is 24.8. The summed E-state index contributed by atoms with van der Waals surface area (Å²) in [5.41, 5.74) is 8.81. The number of carbonyl (C=O) groups excluding carboxylic acids is 1. The van der Waals surface area contributed by atoms with Crippen molar-refractivity contribution in [2.24, 2.45) is 0 Å². The number of piperazine rings is 1. The van der Waals surface area contributed by atoms with Crippen molar-refractivity contribution in [1.29, 1.82) is 0 Å². The van der Waals surface area contributed by atoms with E-state index in [0.717, 1.165) is 11.5 Å². The summed E-state index contributed by atoms with van der Waals surface area (Å²) in [6, 6.07) is 21.1. The molecule has 1 saturated heterocycles. The minimum atomic E-state index is -4.09. The Hall–Kier alpha value is -4.94. The Labute approximate surface area is 264 Å². The van der Waals surface area contributed by atoms with Gasteiger partial charge in [0, 0.05) is 83.5 Å². The van der Waals surface area contributed by atoms with Crippen molar-refractivity contribution in [3.63, 3.8) is 0 Å². The Balaban J connectivity index is 1.16. The van der Waals surface area contributed by atoms with Gasteiger partial charge in [0.1, 0.15) is 5.82 Å². The number of anilines is 2. The van der Waals surface area contributed by atoms with E-state index in [2.05, 4.69) is 9.71 Å². The second-order valence-corrected chi connectivity index (χ2v) is 12.9. The van der Waals surface area contributed by atoms with Crippen LogP contribution >= 0.6 is 0 Å². The number of pyridine rings is 1. The highest BCUT2D eigenvalue weighted by molar-refractivity contribution is 7.92. The number of benzene rings is 4. The molecule has 1 atom stereocenters. The van der Waals surface area contributed by atoms with Crippen molar-refractivity contribution in [1.82, 2.24) is 14.8 Å². The first kappa shape index (κ1) is 31.1. The molecule has 8 nitrogen and oxygen atoms in total. The lowest BCUT2D eigenvalue weighted by Crippen LogP contribution is -2.53. The van der Waals surface area contributed by atoms with E-state index < -0.39 is 27.5 Å². The molecule has 2 heterocycles. The summed E-state index contributed by atoms with van der Waals surface area (Å²) in [5, 5.41) is 0.854. The van der Waals surface area contributed by atoms with E-state index in [9.17, 15) is 26.4 Å². The molecular weight excluding hydrogens is 615 g/mol. The summed E-state index contributed by atoms with van der Waals surface area (Å²) in [7, 11) is -4.09. The third-order valence-corrected chi connectivity index (χ3v) is 9.50. The maximum Gasteiger partial charge on any atom is 0.262 e. The molecule has 6 rings (SSSR count). The molecule has 236 valence electrons. The molecular formula is C34H30F3N5O3S. The average Bonchev–Trinajstić information content (AvgIpc) is 3.03. The fourth-order valence-electron chi connectivity index (χ4n) is 5.77. The van der Waals surface area contributed by atoms with Crippen LogP contribution in [-0.4, -0.2) is 54.8 Å². The number of nitrogens with one attached hydrogen (secondary N) is 1. The third kappa shape index (κ3) is 6.26. The van der Waals surface area contributed by atoms with E-state index in [-0.39, 0.29) is 34.6 Å². The van der Waals surface area contributed by atoms with Crippen LogP contribution in [0, 0.1) is 17.5 Å². The number of aromatic nitrogens is 1. The Morgan fingerprint density at radius 2 is 1.65 bits per heavy atom. The highest BCUT2D eigenvalue weighted by Gasteiger charge is 2.29. The van der Waals surface area contributed by atoms with E-state index in [1.807, 2.05) is 30.0 Å². The smallest absolute Gasteiger partial charge is 0.262 e. The number of halogens is 3. The van der Waals surface area contributed by atoms with Gasteiger partial charge in [-0.25, -0.2) is 21.6 Å². The number of fused-ring (bicyclic) bond motifs is 1. The highest BCUT2D eigenvalue weighted by Crippen LogP contribution is 2.34. The van der Waals surface area contributed by atoms with E-state index in [1.165, 1.54) is 24.3 Å². The van der Waals surface area contributed by atoms with Crippen molar-refractivity contribution < 1.29 is 26.4 Å². The van der Waals surface area contributed by atoms with Crippen LogP contribution in [0.3, 0.4) is 0 Å². The Morgan fingerprint density at radius 1 is 0.913 bits per heavy atom. The van der Waals surface area contributed by atoms with Crippen LogP contribution < -0.4 is 10.5 Å². The molecule has 4 aromatic carbocycles. The summed E-state index contributed by atoms with van der Waals surface area (Å²) < 4.78 is 71.0. The predicted octanol–water partition coefficient (Wildman–Crippen LogP) is 6.05. The van der Waals surface area contributed by atoms with Gasteiger partial charge in [0.15, 0.2) is 11.6 Å². The summed E-state index contributed by atoms with van der Waals surface area (Å²) in [5.74, 6) is -3.42. The van der Waals surface area contributed by atoms with Crippen LogP contribution in [0.4, 0.5) is 24.5 Å². The van der Waals surface area contributed by atoms with Crippen LogP contribution in [0.5, 0.6) is 0 Å². The molecule has 12 heteroatoms. The predicted molar refractivity (Wildman–Crippen MR) is 171 cm³/mol. The van der Waals surface area contributed by atoms with Crippen LogP contribution in [0.25, 0.3) is 22.0 Å². The molecule has 1 amide bonds. The number of nitrogens with zero attached hydrogens (tertiary/aromatic N) is 3. The molecule has 0 spiro atoms. The van der Waals surface area contributed by atoms with Gasteiger partial charge >= 0.3 is 0 Å². The largest absolute Gasteiger partial charge is 0.399 e. The number of carbonyl (C=O) groups is 1. The second kappa shape index (κ2) is 12.5. The fourth-order valence-corrected chi connectivity index (χ4v) is 7.04. The maximum atomic E-state index is 14.2. The van der Waals surface area contributed by atoms with Gasteiger partial charge < -0.3 is 10.6 Å². The number of hydrogen-bond acceptors (Lipinski definition) is 6. The average molecular weight is 646 g/mol. The lowest BCUT2D eigenvalue weighted by Gasteiger charge is -2.40. The zero-order chi connectivity index (χ0) is 32.6. The van der Waals surface area contributed by atoms with Crippen LogP contribution in [0.1, 0.15) is 22.8 Å². The molecule has 0 unspecified atom stereocenters. The van der Waals surface area contributed by atoms with Gasteiger partial charge in [0.2, 0.25) is 0 Å². The van der Waals surface area contributed by atoms with Crippen LogP contribution in [-0.2, 0) is 16.6 Å². The van der Waals surface area contributed by atoms with Gasteiger partial charge in [0.25, 0.3) is 15.9 Å². The minimum Gasteiger partial charge on any atom is -0.399 e. The number of hydrogen-bond donors (Lipinski definition) is 2. The van der Waals surface area contributed by atoms with Gasteiger partial charge in [-0.1, -0.05) is 24.3 Å². The van der Waals surface area contributed by atoms with Gasteiger partial charge in [-0.3, -0.25) is 19.4 Å². The first-order valence-corrected chi connectivity index (χ1v) is 16.0. The quantitative estimate of drug-likeness (QED) is 0.165. The Bertz CT molecular complexity index is 2050. The molecule has 1 aliphatic heterocycles. The standard InChI is InChI=1S/C34H30F3N5O3S/c1-21-19-41(20-24-16-30(36)31(37)18-29(24)35)14-15-42(21)34(43)23-7-10-26(11-8-23)40-46(44,45)32-12-9-25(38)17-28(32)27-6-2-4-22-5-3-13-39-33(22)27/h2-13,16-18,21,40H,14-15,19-20,38H2,1H3/t21-/m0/s1. The lowest BCUT2D eigenvalue weighted by molar-refractivity contribution is 0.0473. The van der Waals surface area contributed by atoms with E-state index in [1.54, 1.807) is 41.4 Å². The second-order valence-electron chi connectivity index (χ2n) is 11.3.